The molecule has 3 aliphatic heterocycles. The summed E-state index contributed by atoms with van der Waals surface area (Å²) in [6, 6.07) is 64.0. The molecule has 2 unspecified atom stereocenters. The Labute approximate surface area is 416 Å². The maximum Gasteiger partial charge on any atom is 0.252 e. The Kier molecular flexibility index (Phi) is 9.34. The monoisotopic (exact) mass is 910 g/mol. The molecule has 0 radical (unpaired) electrons. The van der Waals surface area contributed by atoms with Crippen molar-refractivity contribution >= 4 is 68.6 Å². The first-order valence-corrected chi connectivity index (χ1v) is 26.0. The highest BCUT2D eigenvalue weighted by atomic mass is 15.3. The van der Waals surface area contributed by atoms with E-state index in [-0.39, 0.29) is 28.5 Å². The standard InChI is InChI=1S/C66H64BN3/c1-42-35-60-62-61(36-42)69(56-32-27-46(63(2,3)4)38-52(56)43-19-11-10-12-20-43)58-39-47(64(5,6)7)26-30-54(58)67(62)55-31-29-49(70-57-24-16-15-23-53(57)65(8)33-17-18-34-66(65,70)9)41-59(55)68(60)48-28-25-45-37-44-21-13-14-22-50(44)51(45)40-48/h10-16,19-32,35-36,38-41H,17-18,33-34,37H2,1-9H3. The summed E-state index contributed by atoms with van der Waals surface area (Å²) < 4.78 is 0. The predicted molar refractivity (Wildman–Crippen MR) is 299 cm³/mol. The smallest absolute Gasteiger partial charge is 0.252 e. The summed E-state index contributed by atoms with van der Waals surface area (Å²) >= 11 is 0. The summed E-state index contributed by atoms with van der Waals surface area (Å²) in [7, 11) is 0. The lowest BCUT2D eigenvalue weighted by Gasteiger charge is -2.50. The van der Waals surface area contributed by atoms with Gasteiger partial charge in [0.15, 0.2) is 0 Å². The third kappa shape index (κ3) is 6.20. The molecule has 2 atom stereocenters. The molecule has 5 aliphatic rings. The van der Waals surface area contributed by atoms with Crippen LogP contribution in [0.25, 0.3) is 22.3 Å². The molecule has 4 heteroatoms. The van der Waals surface area contributed by atoms with Crippen LogP contribution in [0, 0.1) is 6.92 Å². The third-order valence-electron chi connectivity index (χ3n) is 17.6. The van der Waals surface area contributed by atoms with E-state index in [0.29, 0.717) is 0 Å². The second kappa shape index (κ2) is 15.1. The van der Waals surface area contributed by atoms with Crippen LogP contribution < -0.4 is 31.1 Å². The lowest BCUT2D eigenvalue weighted by Crippen LogP contribution is -2.61. The summed E-state index contributed by atoms with van der Waals surface area (Å²) in [5.74, 6) is 0. The van der Waals surface area contributed by atoms with Gasteiger partial charge in [0, 0.05) is 50.8 Å². The molecule has 0 spiro atoms. The number of anilines is 8. The van der Waals surface area contributed by atoms with Crippen molar-refractivity contribution in [2.75, 3.05) is 14.7 Å². The largest absolute Gasteiger partial charge is 0.334 e. The lowest BCUT2D eigenvalue weighted by atomic mass is 9.33. The van der Waals surface area contributed by atoms with Crippen molar-refractivity contribution in [3.8, 4) is 22.3 Å². The summed E-state index contributed by atoms with van der Waals surface area (Å²) in [5, 5.41) is 0. The third-order valence-corrected chi connectivity index (χ3v) is 17.6. The summed E-state index contributed by atoms with van der Waals surface area (Å²) in [5.41, 5.74) is 27.5. The van der Waals surface area contributed by atoms with Crippen LogP contribution in [0.4, 0.5) is 45.5 Å². The van der Waals surface area contributed by atoms with Crippen LogP contribution in [0.15, 0.2) is 164 Å². The van der Waals surface area contributed by atoms with E-state index in [1.807, 2.05) is 0 Å². The zero-order chi connectivity index (χ0) is 48.1. The highest BCUT2D eigenvalue weighted by molar-refractivity contribution is 7.00. The van der Waals surface area contributed by atoms with E-state index >= 15 is 0 Å². The number of aryl methyl sites for hydroxylation is 1. The van der Waals surface area contributed by atoms with Gasteiger partial charge in [-0.1, -0.05) is 164 Å². The molecule has 13 rings (SSSR count). The molecule has 8 aromatic carbocycles. The molecule has 1 fully saturated rings. The zero-order valence-electron chi connectivity index (χ0n) is 42.5. The number of hydrogen-bond acceptors (Lipinski definition) is 3. The summed E-state index contributed by atoms with van der Waals surface area (Å²) in [4.78, 5) is 8.05. The number of nitrogens with zero attached hydrogens (tertiary/aromatic N) is 3. The Bertz CT molecular complexity index is 3460. The first-order valence-electron chi connectivity index (χ1n) is 26.0. The molecule has 3 heterocycles. The van der Waals surface area contributed by atoms with Crippen molar-refractivity contribution in [1.29, 1.82) is 0 Å². The van der Waals surface area contributed by atoms with Gasteiger partial charge in [-0.05, 0) is 171 Å². The number of benzene rings is 8. The molecule has 3 nitrogen and oxygen atoms in total. The predicted octanol–water partition coefficient (Wildman–Crippen LogP) is 15.7. The minimum atomic E-state index is -0.0537. The van der Waals surface area contributed by atoms with Crippen molar-refractivity contribution < 1.29 is 0 Å². The Morgan fingerprint density at radius 3 is 1.89 bits per heavy atom. The van der Waals surface area contributed by atoms with Crippen LogP contribution in [-0.4, -0.2) is 12.3 Å². The highest BCUT2D eigenvalue weighted by Gasteiger charge is 2.58. The van der Waals surface area contributed by atoms with Crippen LogP contribution in [-0.2, 0) is 22.7 Å². The van der Waals surface area contributed by atoms with E-state index in [1.165, 1.54) is 137 Å². The van der Waals surface area contributed by atoms with E-state index in [4.69, 9.17) is 0 Å². The van der Waals surface area contributed by atoms with Gasteiger partial charge >= 0.3 is 0 Å². The average Bonchev–Trinajstić information content (AvgIpc) is 3.82. The molecule has 0 saturated heterocycles. The molecule has 0 bridgehead atoms. The second-order valence-corrected chi connectivity index (χ2v) is 23.8. The Hall–Kier alpha value is -6.78. The van der Waals surface area contributed by atoms with Crippen molar-refractivity contribution in [3.05, 3.63) is 197 Å². The number of para-hydroxylation sites is 1. The molecule has 0 amide bonds. The van der Waals surface area contributed by atoms with Gasteiger partial charge in [0.2, 0.25) is 0 Å². The van der Waals surface area contributed by atoms with Crippen LogP contribution in [0.1, 0.15) is 114 Å². The molecule has 346 valence electrons. The summed E-state index contributed by atoms with van der Waals surface area (Å²) in [6.45, 7) is 21.5. The fourth-order valence-electron chi connectivity index (χ4n) is 13.7. The average molecular weight is 910 g/mol. The maximum absolute atomic E-state index is 2.76. The van der Waals surface area contributed by atoms with E-state index in [9.17, 15) is 0 Å². The van der Waals surface area contributed by atoms with Gasteiger partial charge in [-0.15, -0.1) is 0 Å². The lowest BCUT2D eigenvalue weighted by molar-refractivity contribution is 0.195. The normalized spacial score (nSPS) is 19.5. The van der Waals surface area contributed by atoms with Crippen LogP contribution in [0.2, 0.25) is 0 Å². The van der Waals surface area contributed by atoms with Crippen molar-refractivity contribution in [2.24, 2.45) is 0 Å². The molecular weight excluding hydrogens is 846 g/mol. The fourth-order valence-corrected chi connectivity index (χ4v) is 13.7. The molecule has 1 saturated carbocycles. The van der Waals surface area contributed by atoms with Gasteiger partial charge in [-0.2, -0.15) is 0 Å². The minimum Gasteiger partial charge on any atom is -0.334 e. The molecule has 8 aromatic rings. The molecule has 0 aromatic heterocycles. The van der Waals surface area contributed by atoms with Gasteiger partial charge in [0.05, 0.1) is 11.2 Å². The van der Waals surface area contributed by atoms with Crippen LogP contribution >= 0.6 is 0 Å². The van der Waals surface area contributed by atoms with E-state index in [1.54, 1.807) is 0 Å². The van der Waals surface area contributed by atoms with Gasteiger partial charge in [0.25, 0.3) is 6.71 Å². The van der Waals surface area contributed by atoms with E-state index in [2.05, 4.69) is 241 Å². The number of fused-ring (bicyclic) bond motifs is 10. The zero-order valence-corrected chi connectivity index (χ0v) is 42.5. The Morgan fingerprint density at radius 2 is 1.10 bits per heavy atom. The first-order chi connectivity index (χ1) is 33.6. The SMILES string of the molecule is Cc1cc2c3c(c1)N(c1ccc(C(C)(C)C)cc1-c1ccccc1)c1cc(C(C)(C)C)ccc1B3c1ccc(N3c4ccccc4C4(C)CCCCC34C)cc1N2c1ccc2c(c1)-c1ccccc1C2. The van der Waals surface area contributed by atoms with E-state index < -0.39 is 0 Å². The number of rotatable bonds is 4. The second-order valence-electron chi connectivity index (χ2n) is 23.8. The summed E-state index contributed by atoms with van der Waals surface area (Å²) in [6.07, 6.45) is 5.86. The first kappa shape index (κ1) is 43.3. The quantitative estimate of drug-likeness (QED) is 0.163. The van der Waals surface area contributed by atoms with Gasteiger partial charge in [0.1, 0.15) is 0 Å². The van der Waals surface area contributed by atoms with Gasteiger partial charge < -0.3 is 14.7 Å². The van der Waals surface area contributed by atoms with Crippen molar-refractivity contribution in [1.82, 2.24) is 0 Å². The van der Waals surface area contributed by atoms with Gasteiger partial charge in [-0.25, -0.2) is 0 Å². The minimum absolute atomic E-state index is 0.0109. The molecule has 70 heavy (non-hydrogen) atoms. The fraction of sp³-hybridized carbons (Fsp3) is 0.273. The van der Waals surface area contributed by atoms with Crippen molar-refractivity contribution in [3.63, 3.8) is 0 Å². The number of hydrogen-bond donors (Lipinski definition) is 0. The Balaban J connectivity index is 1.10. The van der Waals surface area contributed by atoms with Crippen LogP contribution in [0.5, 0.6) is 0 Å². The van der Waals surface area contributed by atoms with E-state index in [0.717, 1.165) is 12.8 Å². The van der Waals surface area contributed by atoms with Gasteiger partial charge in [-0.3, -0.25) is 0 Å². The Morgan fingerprint density at radius 1 is 0.471 bits per heavy atom. The van der Waals surface area contributed by atoms with Crippen molar-refractivity contribution in [2.45, 2.75) is 116 Å². The topological polar surface area (TPSA) is 9.72 Å². The highest BCUT2D eigenvalue weighted by Crippen LogP contribution is 2.61. The maximum atomic E-state index is 2.76. The molecular formula is C66H64BN3. The molecule has 2 aliphatic carbocycles. The molecule has 0 N–H and O–H groups in total. The van der Waals surface area contributed by atoms with Crippen LogP contribution in [0.3, 0.4) is 0 Å².